The fourth-order valence-corrected chi connectivity index (χ4v) is 3.54. The molecule has 0 aliphatic rings. The number of carbonyl (C=O) groups excluding carboxylic acids is 1. The Labute approximate surface area is 154 Å². The number of benzene rings is 2. The molecule has 2 rings (SSSR count). The van der Waals surface area contributed by atoms with Crippen molar-refractivity contribution in [2.24, 2.45) is 0 Å². The number of nitrogens with one attached hydrogen (secondary N) is 2. The van der Waals surface area contributed by atoms with Crippen LogP contribution in [0.1, 0.15) is 12.5 Å². The molecule has 0 bridgehead atoms. The third-order valence-corrected chi connectivity index (χ3v) is 5.78. The SMILES string of the molecule is Cc1ccc(NC(=O)[C@H](C)NS(=O)(=O)c2ccc(Br)cc2)cc1Cl. The number of rotatable bonds is 5. The Bertz CT molecular complexity index is 854. The molecular formula is C16H16BrClN2O3S. The zero-order valence-electron chi connectivity index (χ0n) is 13.0. The summed E-state index contributed by atoms with van der Waals surface area (Å²) in [5, 5.41) is 3.16. The van der Waals surface area contributed by atoms with Crippen LogP contribution in [0.25, 0.3) is 0 Å². The van der Waals surface area contributed by atoms with Crippen molar-refractivity contribution >= 4 is 49.1 Å². The predicted octanol–water partition coefficient (Wildman–Crippen LogP) is 3.72. The second-order valence-corrected chi connectivity index (χ2v) is 8.29. The van der Waals surface area contributed by atoms with Gasteiger partial charge >= 0.3 is 0 Å². The van der Waals surface area contributed by atoms with Gasteiger partial charge in [0.15, 0.2) is 0 Å². The van der Waals surface area contributed by atoms with Crippen molar-refractivity contribution in [1.82, 2.24) is 4.72 Å². The fourth-order valence-electron chi connectivity index (χ4n) is 1.89. The molecule has 0 aromatic heterocycles. The largest absolute Gasteiger partial charge is 0.325 e. The van der Waals surface area contributed by atoms with Gasteiger partial charge in [0.25, 0.3) is 0 Å². The van der Waals surface area contributed by atoms with Gasteiger partial charge in [-0.2, -0.15) is 4.72 Å². The maximum Gasteiger partial charge on any atom is 0.242 e. The number of anilines is 1. The molecule has 0 spiro atoms. The van der Waals surface area contributed by atoms with E-state index in [0.29, 0.717) is 10.7 Å². The smallest absolute Gasteiger partial charge is 0.242 e. The number of sulfonamides is 1. The molecule has 2 aromatic rings. The molecule has 0 aliphatic carbocycles. The third-order valence-electron chi connectivity index (χ3n) is 3.29. The van der Waals surface area contributed by atoms with E-state index in [1.54, 1.807) is 30.3 Å². The first kappa shape index (κ1) is 18.9. The van der Waals surface area contributed by atoms with E-state index in [-0.39, 0.29) is 4.90 Å². The summed E-state index contributed by atoms with van der Waals surface area (Å²) in [6, 6.07) is 10.3. The molecule has 0 saturated carbocycles. The third kappa shape index (κ3) is 4.80. The van der Waals surface area contributed by atoms with E-state index in [2.05, 4.69) is 26.0 Å². The van der Waals surface area contributed by atoms with Gasteiger partial charge in [-0.15, -0.1) is 0 Å². The highest BCUT2D eigenvalue weighted by atomic mass is 79.9. The lowest BCUT2D eigenvalue weighted by Gasteiger charge is -2.15. The van der Waals surface area contributed by atoms with E-state index >= 15 is 0 Å². The van der Waals surface area contributed by atoms with Crippen molar-refractivity contribution in [1.29, 1.82) is 0 Å². The van der Waals surface area contributed by atoms with Crippen LogP contribution in [0.2, 0.25) is 5.02 Å². The van der Waals surface area contributed by atoms with Gasteiger partial charge in [-0.05, 0) is 55.8 Å². The van der Waals surface area contributed by atoms with Crippen LogP contribution in [0.4, 0.5) is 5.69 Å². The minimum Gasteiger partial charge on any atom is -0.325 e. The summed E-state index contributed by atoms with van der Waals surface area (Å²) in [4.78, 5) is 12.3. The van der Waals surface area contributed by atoms with Gasteiger partial charge < -0.3 is 5.32 Å². The van der Waals surface area contributed by atoms with E-state index < -0.39 is 22.0 Å². The number of amides is 1. The quantitative estimate of drug-likeness (QED) is 0.757. The van der Waals surface area contributed by atoms with Gasteiger partial charge in [-0.3, -0.25) is 4.79 Å². The highest BCUT2D eigenvalue weighted by Gasteiger charge is 2.22. The summed E-state index contributed by atoms with van der Waals surface area (Å²) in [5.41, 5.74) is 1.39. The Balaban J connectivity index is 2.07. The lowest BCUT2D eigenvalue weighted by atomic mass is 10.2. The molecule has 5 nitrogen and oxygen atoms in total. The summed E-state index contributed by atoms with van der Waals surface area (Å²) in [5.74, 6) is -0.476. The highest BCUT2D eigenvalue weighted by Crippen LogP contribution is 2.20. The fraction of sp³-hybridized carbons (Fsp3) is 0.188. The van der Waals surface area contributed by atoms with Gasteiger partial charge in [0.2, 0.25) is 15.9 Å². The number of halogens is 2. The first-order valence-corrected chi connectivity index (χ1v) is 9.69. The summed E-state index contributed by atoms with van der Waals surface area (Å²) in [7, 11) is -3.79. The Morgan fingerprint density at radius 3 is 2.38 bits per heavy atom. The van der Waals surface area contributed by atoms with E-state index in [0.717, 1.165) is 10.0 Å². The zero-order valence-corrected chi connectivity index (χ0v) is 16.2. The van der Waals surface area contributed by atoms with Crippen LogP contribution in [0.3, 0.4) is 0 Å². The topological polar surface area (TPSA) is 75.3 Å². The second-order valence-electron chi connectivity index (χ2n) is 5.25. The molecule has 1 atom stereocenters. The van der Waals surface area contributed by atoms with Gasteiger partial charge in [-0.25, -0.2) is 8.42 Å². The highest BCUT2D eigenvalue weighted by molar-refractivity contribution is 9.10. The van der Waals surface area contributed by atoms with Crippen molar-refractivity contribution in [2.45, 2.75) is 24.8 Å². The van der Waals surface area contributed by atoms with Crippen molar-refractivity contribution < 1.29 is 13.2 Å². The Morgan fingerprint density at radius 2 is 1.79 bits per heavy atom. The average molecular weight is 432 g/mol. The van der Waals surface area contributed by atoms with Gasteiger partial charge in [0.1, 0.15) is 0 Å². The van der Waals surface area contributed by atoms with Crippen molar-refractivity contribution in [3.8, 4) is 0 Å². The minimum absolute atomic E-state index is 0.0868. The van der Waals surface area contributed by atoms with Crippen LogP contribution in [0, 0.1) is 6.92 Å². The first-order chi connectivity index (χ1) is 11.2. The molecule has 128 valence electrons. The molecule has 8 heteroatoms. The summed E-state index contributed by atoms with van der Waals surface area (Å²) < 4.78 is 27.7. The predicted molar refractivity (Wildman–Crippen MR) is 98.7 cm³/mol. The standard InChI is InChI=1S/C16H16BrClN2O3S/c1-10-3-6-13(9-15(10)18)19-16(21)11(2)20-24(22,23)14-7-4-12(17)5-8-14/h3-9,11,20H,1-2H3,(H,19,21)/t11-/m0/s1. The van der Waals surface area contributed by atoms with Gasteiger partial charge in [0, 0.05) is 15.2 Å². The lowest BCUT2D eigenvalue weighted by Crippen LogP contribution is -2.41. The van der Waals surface area contributed by atoms with Crippen LogP contribution in [-0.4, -0.2) is 20.4 Å². The monoisotopic (exact) mass is 430 g/mol. The molecule has 0 radical (unpaired) electrons. The van der Waals surface area contributed by atoms with Crippen molar-refractivity contribution in [2.75, 3.05) is 5.32 Å². The normalized spacial score (nSPS) is 12.7. The Morgan fingerprint density at radius 1 is 1.17 bits per heavy atom. The number of hydrogen-bond donors (Lipinski definition) is 2. The Kier molecular flexibility index (Phi) is 6.03. The first-order valence-electron chi connectivity index (χ1n) is 7.04. The van der Waals surface area contributed by atoms with Crippen LogP contribution in [0.5, 0.6) is 0 Å². The van der Waals surface area contributed by atoms with Crippen LogP contribution >= 0.6 is 27.5 Å². The minimum atomic E-state index is -3.79. The molecule has 1 amide bonds. The van der Waals surface area contributed by atoms with Crippen LogP contribution < -0.4 is 10.0 Å². The van der Waals surface area contributed by atoms with Crippen LogP contribution in [0.15, 0.2) is 51.8 Å². The molecular weight excluding hydrogens is 416 g/mol. The van der Waals surface area contributed by atoms with Gasteiger partial charge in [-0.1, -0.05) is 33.6 Å². The lowest BCUT2D eigenvalue weighted by molar-refractivity contribution is -0.117. The summed E-state index contributed by atoms with van der Waals surface area (Å²) >= 11 is 9.25. The molecule has 0 unspecified atom stereocenters. The van der Waals surface area contributed by atoms with E-state index in [1.165, 1.54) is 19.1 Å². The van der Waals surface area contributed by atoms with Crippen molar-refractivity contribution in [3.63, 3.8) is 0 Å². The second kappa shape index (κ2) is 7.65. The molecule has 24 heavy (non-hydrogen) atoms. The molecule has 0 aliphatic heterocycles. The average Bonchev–Trinajstić information content (AvgIpc) is 2.51. The summed E-state index contributed by atoms with van der Waals surface area (Å²) in [6.45, 7) is 3.32. The zero-order chi connectivity index (χ0) is 17.9. The number of hydrogen-bond acceptors (Lipinski definition) is 3. The molecule has 0 heterocycles. The van der Waals surface area contributed by atoms with E-state index in [1.807, 2.05) is 6.92 Å². The van der Waals surface area contributed by atoms with Gasteiger partial charge in [0.05, 0.1) is 10.9 Å². The molecule has 0 saturated heterocycles. The Hall–Kier alpha value is -1.41. The van der Waals surface area contributed by atoms with Crippen molar-refractivity contribution in [3.05, 3.63) is 57.5 Å². The maximum atomic E-state index is 12.3. The molecule has 0 fully saturated rings. The summed E-state index contributed by atoms with van der Waals surface area (Å²) in [6.07, 6.45) is 0. The maximum absolute atomic E-state index is 12.3. The molecule has 2 N–H and O–H groups in total. The van der Waals surface area contributed by atoms with Crippen LogP contribution in [-0.2, 0) is 14.8 Å². The number of carbonyl (C=O) groups is 1. The van der Waals surface area contributed by atoms with E-state index in [4.69, 9.17) is 11.6 Å². The molecule has 2 aromatic carbocycles. The number of aryl methyl sites for hydroxylation is 1. The van der Waals surface area contributed by atoms with E-state index in [9.17, 15) is 13.2 Å².